The molecule has 1 aromatic carbocycles. The molecule has 0 spiro atoms. The average Bonchev–Trinajstić information content (AvgIpc) is 2.39. The van der Waals surface area contributed by atoms with Crippen LogP contribution in [0.25, 0.3) is 0 Å². The summed E-state index contributed by atoms with van der Waals surface area (Å²) in [7, 11) is -1.06. The Kier molecular flexibility index (Phi) is 5.91. The fourth-order valence-electron chi connectivity index (χ4n) is 2.20. The third kappa shape index (κ3) is 5.17. The van der Waals surface area contributed by atoms with Crippen molar-refractivity contribution in [2.24, 2.45) is 0 Å². The van der Waals surface area contributed by atoms with Crippen LogP contribution in [0.3, 0.4) is 0 Å². The highest BCUT2D eigenvalue weighted by atomic mass is 32.2. The van der Waals surface area contributed by atoms with Gasteiger partial charge in [0.2, 0.25) is 0 Å². The molecular formula is C14H18F2O3S. The molecule has 0 amide bonds. The van der Waals surface area contributed by atoms with E-state index in [4.69, 9.17) is 4.74 Å². The Morgan fingerprint density at radius 2 is 2.25 bits per heavy atom. The first kappa shape index (κ1) is 15.4. The average molecular weight is 304 g/mol. The van der Waals surface area contributed by atoms with E-state index >= 15 is 0 Å². The van der Waals surface area contributed by atoms with Crippen molar-refractivity contribution in [3.8, 4) is 5.75 Å². The van der Waals surface area contributed by atoms with Gasteiger partial charge in [0.25, 0.3) is 0 Å². The first-order valence-electron chi connectivity index (χ1n) is 6.64. The summed E-state index contributed by atoms with van der Waals surface area (Å²) in [5, 5.41) is 0. The number of alkyl halides is 2. The van der Waals surface area contributed by atoms with Crippen molar-refractivity contribution in [3.63, 3.8) is 0 Å². The maximum atomic E-state index is 12.1. The minimum absolute atomic E-state index is 0.0603. The van der Waals surface area contributed by atoms with E-state index < -0.39 is 17.4 Å². The molecule has 1 aromatic rings. The van der Waals surface area contributed by atoms with Crippen LogP contribution in [0, 0.1) is 0 Å². The molecule has 0 radical (unpaired) electrons. The first-order valence-corrected chi connectivity index (χ1v) is 8.12. The highest BCUT2D eigenvalue weighted by molar-refractivity contribution is 7.84. The van der Waals surface area contributed by atoms with E-state index in [0.29, 0.717) is 11.5 Å². The van der Waals surface area contributed by atoms with Crippen molar-refractivity contribution in [3.05, 3.63) is 29.8 Å². The molecule has 1 aliphatic rings. The number of benzene rings is 1. The molecule has 20 heavy (non-hydrogen) atoms. The van der Waals surface area contributed by atoms with Crippen LogP contribution in [-0.4, -0.2) is 29.3 Å². The maximum absolute atomic E-state index is 12.1. The van der Waals surface area contributed by atoms with E-state index in [9.17, 15) is 13.0 Å². The summed E-state index contributed by atoms with van der Waals surface area (Å²) >= 11 is 0. The fourth-order valence-corrected chi connectivity index (χ4v) is 3.55. The Morgan fingerprint density at radius 1 is 1.40 bits per heavy atom. The van der Waals surface area contributed by atoms with Gasteiger partial charge >= 0.3 is 6.61 Å². The molecule has 0 saturated carbocycles. The third-order valence-electron chi connectivity index (χ3n) is 3.10. The van der Waals surface area contributed by atoms with Crippen LogP contribution in [-0.2, 0) is 21.3 Å². The quantitative estimate of drug-likeness (QED) is 0.810. The Bertz CT molecular complexity index is 448. The van der Waals surface area contributed by atoms with Crippen LogP contribution in [0.5, 0.6) is 5.75 Å². The van der Waals surface area contributed by atoms with Crippen molar-refractivity contribution >= 4 is 10.8 Å². The standard InChI is InChI=1S/C14H18F2O3S/c15-14(16)19-12-6-3-4-11(8-12)9-20(17)10-13-5-1-2-7-18-13/h3-4,6,8,13-14H,1-2,5,7,9-10H2/t13-,20+/m1/s1. The summed E-state index contributed by atoms with van der Waals surface area (Å²) in [6.07, 6.45) is 3.18. The zero-order valence-corrected chi connectivity index (χ0v) is 11.9. The topological polar surface area (TPSA) is 35.5 Å². The number of rotatable bonds is 6. The third-order valence-corrected chi connectivity index (χ3v) is 4.50. The number of ether oxygens (including phenoxy) is 2. The molecule has 112 valence electrons. The van der Waals surface area contributed by atoms with Crippen molar-refractivity contribution in [2.75, 3.05) is 12.4 Å². The molecule has 0 aromatic heterocycles. The van der Waals surface area contributed by atoms with Crippen LogP contribution in [0.2, 0.25) is 0 Å². The first-order chi connectivity index (χ1) is 9.63. The zero-order valence-electron chi connectivity index (χ0n) is 11.1. The van der Waals surface area contributed by atoms with Gasteiger partial charge < -0.3 is 9.47 Å². The van der Waals surface area contributed by atoms with Crippen molar-refractivity contribution in [1.29, 1.82) is 0 Å². The molecule has 0 N–H and O–H groups in total. The Morgan fingerprint density at radius 3 is 2.95 bits per heavy atom. The minimum Gasteiger partial charge on any atom is -0.435 e. The highest BCUT2D eigenvalue weighted by Crippen LogP contribution is 2.18. The summed E-state index contributed by atoms with van der Waals surface area (Å²) < 4.78 is 46.2. The second-order valence-corrected chi connectivity index (χ2v) is 6.27. The predicted molar refractivity (Wildman–Crippen MR) is 73.4 cm³/mol. The van der Waals surface area contributed by atoms with E-state index in [1.54, 1.807) is 12.1 Å². The summed E-state index contributed by atoms with van der Waals surface area (Å²) in [5.41, 5.74) is 0.734. The number of hydrogen-bond acceptors (Lipinski definition) is 3. The van der Waals surface area contributed by atoms with Crippen molar-refractivity contribution in [1.82, 2.24) is 0 Å². The molecule has 2 rings (SSSR count). The van der Waals surface area contributed by atoms with Gasteiger partial charge in [0, 0.05) is 23.2 Å². The predicted octanol–water partition coefficient (Wildman–Crippen LogP) is 3.11. The van der Waals surface area contributed by atoms with Crippen LogP contribution >= 0.6 is 0 Å². The van der Waals surface area contributed by atoms with Gasteiger partial charge in [-0.2, -0.15) is 8.78 Å². The van der Waals surface area contributed by atoms with Gasteiger partial charge in [-0.25, -0.2) is 0 Å². The lowest BCUT2D eigenvalue weighted by atomic mass is 10.1. The zero-order chi connectivity index (χ0) is 14.4. The fraction of sp³-hybridized carbons (Fsp3) is 0.571. The lowest BCUT2D eigenvalue weighted by Gasteiger charge is -2.22. The molecular weight excluding hydrogens is 286 g/mol. The largest absolute Gasteiger partial charge is 0.435 e. The van der Waals surface area contributed by atoms with Gasteiger partial charge in [0.1, 0.15) is 5.75 Å². The lowest BCUT2D eigenvalue weighted by Crippen LogP contribution is -2.25. The summed E-state index contributed by atoms with van der Waals surface area (Å²) in [6.45, 7) is -2.11. The lowest BCUT2D eigenvalue weighted by molar-refractivity contribution is -0.0498. The molecule has 0 unspecified atom stereocenters. The molecule has 2 atom stereocenters. The minimum atomic E-state index is -2.84. The number of halogens is 2. The van der Waals surface area contributed by atoms with Crippen LogP contribution in [0.15, 0.2) is 24.3 Å². The highest BCUT2D eigenvalue weighted by Gasteiger charge is 2.17. The molecule has 3 nitrogen and oxygen atoms in total. The molecule has 6 heteroatoms. The Balaban J connectivity index is 1.86. The molecule has 1 fully saturated rings. The van der Waals surface area contributed by atoms with Crippen molar-refractivity contribution in [2.45, 2.75) is 37.7 Å². The Hall–Kier alpha value is -1.01. The van der Waals surface area contributed by atoms with Crippen LogP contribution in [0.1, 0.15) is 24.8 Å². The molecule has 1 saturated heterocycles. The summed E-state index contributed by atoms with van der Waals surface area (Å²) in [4.78, 5) is 0. The van der Waals surface area contributed by atoms with E-state index in [2.05, 4.69) is 4.74 Å². The monoisotopic (exact) mass is 304 g/mol. The van der Waals surface area contributed by atoms with Gasteiger partial charge in [-0.15, -0.1) is 0 Å². The summed E-state index contributed by atoms with van der Waals surface area (Å²) in [5.74, 6) is 0.934. The van der Waals surface area contributed by atoms with E-state index in [-0.39, 0.29) is 11.9 Å². The van der Waals surface area contributed by atoms with E-state index in [1.165, 1.54) is 12.1 Å². The van der Waals surface area contributed by atoms with Crippen molar-refractivity contribution < 1.29 is 22.5 Å². The van der Waals surface area contributed by atoms with Gasteiger partial charge in [-0.3, -0.25) is 4.21 Å². The smallest absolute Gasteiger partial charge is 0.387 e. The molecule has 0 aliphatic carbocycles. The van der Waals surface area contributed by atoms with Gasteiger partial charge in [0.05, 0.1) is 11.9 Å². The normalized spacial score (nSPS) is 20.9. The second-order valence-electron chi connectivity index (χ2n) is 4.77. The maximum Gasteiger partial charge on any atom is 0.387 e. The van der Waals surface area contributed by atoms with Gasteiger partial charge in [0.15, 0.2) is 0 Å². The van der Waals surface area contributed by atoms with E-state index in [1.807, 2.05) is 0 Å². The van der Waals surface area contributed by atoms with Gasteiger partial charge in [-0.1, -0.05) is 12.1 Å². The van der Waals surface area contributed by atoms with Crippen LogP contribution < -0.4 is 4.74 Å². The second kappa shape index (κ2) is 7.69. The van der Waals surface area contributed by atoms with Gasteiger partial charge in [-0.05, 0) is 37.0 Å². The number of hydrogen-bond donors (Lipinski definition) is 0. The molecule has 0 bridgehead atoms. The summed E-state index contributed by atoms with van der Waals surface area (Å²) in [6, 6.07) is 6.36. The van der Waals surface area contributed by atoms with Crippen LogP contribution in [0.4, 0.5) is 8.78 Å². The Labute approximate surface area is 119 Å². The molecule has 1 heterocycles. The van der Waals surface area contributed by atoms with E-state index in [0.717, 1.165) is 31.4 Å². The molecule has 1 aliphatic heterocycles. The SMILES string of the molecule is O=[S@@](Cc1cccc(OC(F)F)c1)C[C@H]1CCCCO1.